The molecule has 0 saturated carbocycles. The Morgan fingerprint density at radius 3 is 1.98 bits per heavy atom. The molecule has 3 amide bonds. The van der Waals surface area contributed by atoms with E-state index in [0.29, 0.717) is 12.5 Å². The Labute approximate surface area is 249 Å². The van der Waals surface area contributed by atoms with Gasteiger partial charge in [-0.05, 0) is 41.0 Å². The summed E-state index contributed by atoms with van der Waals surface area (Å²) in [5, 5.41) is 5.19. The molecule has 4 N–H and O–H groups in total. The van der Waals surface area contributed by atoms with Crippen molar-refractivity contribution in [1.82, 2.24) is 30.2 Å². The molecule has 4 aromatic rings. The van der Waals surface area contributed by atoms with Gasteiger partial charge in [0, 0.05) is 6.54 Å². The zero-order chi connectivity index (χ0) is 30.5. The van der Waals surface area contributed by atoms with E-state index in [-0.39, 0.29) is 17.9 Å². The fraction of sp³-hybridized carbons (Fsp3) is 0.323. The lowest BCUT2D eigenvalue weighted by atomic mass is 10.0. The van der Waals surface area contributed by atoms with Gasteiger partial charge in [0.25, 0.3) is 0 Å². The molecule has 1 saturated heterocycles. The maximum absolute atomic E-state index is 13.4. The number of alkyl carbamates (subject to hydrolysis) is 1. The minimum Gasteiger partial charge on any atom is -0.453 e. The molecule has 1 fully saturated rings. The topological polar surface area (TPSA) is 154 Å². The number of anilines is 1. The van der Waals surface area contributed by atoms with Gasteiger partial charge in [-0.3, -0.25) is 10.1 Å². The number of H-pyrrole nitrogens is 2. The van der Waals surface area contributed by atoms with Crippen molar-refractivity contribution < 1.29 is 23.9 Å². The second-order valence-corrected chi connectivity index (χ2v) is 10.6. The number of aromatic nitrogens is 4. The van der Waals surface area contributed by atoms with Gasteiger partial charge in [-0.15, -0.1) is 0 Å². The van der Waals surface area contributed by atoms with E-state index in [9.17, 15) is 14.4 Å². The summed E-state index contributed by atoms with van der Waals surface area (Å²) in [6, 6.07) is 15.3. The SMILES string of the molecule is COC(=O)Nc1ncc(-c2ccc(-c3ccc(-c4cnc(C5CCCN5C(=O)C(NC(=O)OC)C(C)C)[nH]4)cc3)cc2)[nH]1. The highest BCUT2D eigenvalue weighted by Gasteiger charge is 2.37. The first kappa shape index (κ1) is 29.4. The number of likely N-dealkylation sites (tertiary alicyclic amines) is 1. The number of imidazole rings is 2. The van der Waals surface area contributed by atoms with Crippen molar-refractivity contribution in [1.29, 1.82) is 0 Å². The van der Waals surface area contributed by atoms with E-state index in [1.807, 2.05) is 50.2 Å². The van der Waals surface area contributed by atoms with E-state index in [1.54, 1.807) is 17.3 Å². The summed E-state index contributed by atoms with van der Waals surface area (Å²) in [6.45, 7) is 4.40. The summed E-state index contributed by atoms with van der Waals surface area (Å²) in [4.78, 5) is 53.7. The lowest BCUT2D eigenvalue weighted by Gasteiger charge is -2.30. The number of carbonyl (C=O) groups excluding carboxylic acids is 3. The second kappa shape index (κ2) is 12.8. The maximum atomic E-state index is 13.4. The van der Waals surface area contributed by atoms with Gasteiger partial charge in [0.05, 0.1) is 44.0 Å². The van der Waals surface area contributed by atoms with Crippen molar-refractivity contribution >= 4 is 24.0 Å². The molecule has 0 spiro atoms. The Morgan fingerprint density at radius 2 is 1.40 bits per heavy atom. The molecule has 2 unspecified atom stereocenters. The minimum absolute atomic E-state index is 0.0941. The number of nitrogens with zero attached hydrogens (tertiary/aromatic N) is 3. The molecule has 3 heterocycles. The van der Waals surface area contributed by atoms with Gasteiger partial charge in [-0.1, -0.05) is 62.4 Å². The van der Waals surface area contributed by atoms with Crippen LogP contribution in [0.3, 0.4) is 0 Å². The number of methoxy groups -OCH3 is 2. The highest BCUT2D eigenvalue weighted by molar-refractivity contribution is 5.86. The molecule has 0 aliphatic carbocycles. The molecule has 43 heavy (non-hydrogen) atoms. The lowest BCUT2D eigenvalue weighted by molar-refractivity contribution is -0.135. The highest BCUT2D eigenvalue weighted by atomic mass is 16.5. The second-order valence-electron chi connectivity index (χ2n) is 10.6. The van der Waals surface area contributed by atoms with E-state index >= 15 is 0 Å². The number of hydrogen-bond acceptors (Lipinski definition) is 7. The summed E-state index contributed by atoms with van der Waals surface area (Å²) in [7, 11) is 2.58. The number of nitrogens with one attached hydrogen (secondary N) is 4. The standard InChI is InChI=1S/C31H35N7O5/c1-18(2)26(36-30(40)42-3)28(39)38-15-5-6-25(38)27-32-16-23(34-27)21-11-7-19(8-12-21)20-9-13-22(14-10-20)24-17-33-29(35-24)37-31(41)43-4/h7-14,16-18,25-26H,5-6,15H2,1-4H3,(H,32,34)(H,36,40)(H2,33,35,37,41). The fourth-order valence-electron chi connectivity index (χ4n) is 5.21. The monoisotopic (exact) mass is 585 g/mol. The van der Waals surface area contributed by atoms with Crippen LogP contribution in [0.4, 0.5) is 15.5 Å². The van der Waals surface area contributed by atoms with Crippen LogP contribution >= 0.6 is 0 Å². The normalized spacial score (nSPS) is 15.3. The average molecular weight is 586 g/mol. The summed E-state index contributed by atoms with van der Waals surface area (Å²) in [5.41, 5.74) is 5.64. The Hall–Kier alpha value is -5.13. The van der Waals surface area contributed by atoms with Crippen molar-refractivity contribution in [2.24, 2.45) is 5.92 Å². The molecule has 1 aliphatic heterocycles. The van der Waals surface area contributed by atoms with Crippen LogP contribution in [0, 0.1) is 5.92 Å². The first-order valence-corrected chi connectivity index (χ1v) is 14.1. The van der Waals surface area contributed by atoms with Crippen molar-refractivity contribution in [3.63, 3.8) is 0 Å². The molecule has 2 aromatic carbocycles. The van der Waals surface area contributed by atoms with Crippen LogP contribution in [-0.2, 0) is 14.3 Å². The van der Waals surface area contributed by atoms with E-state index in [2.05, 4.69) is 47.4 Å². The number of amides is 3. The number of carbonyl (C=O) groups is 3. The number of hydrogen-bond donors (Lipinski definition) is 4. The molecule has 12 nitrogen and oxygen atoms in total. The Kier molecular flexibility index (Phi) is 8.74. The van der Waals surface area contributed by atoms with Gasteiger partial charge < -0.3 is 29.7 Å². The summed E-state index contributed by atoms with van der Waals surface area (Å²) in [5.74, 6) is 0.807. The van der Waals surface area contributed by atoms with Gasteiger partial charge >= 0.3 is 12.2 Å². The number of ether oxygens (including phenoxy) is 2. The van der Waals surface area contributed by atoms with E-state index in [0.717, 1.165) is 52.3 Å². The smallest absolute Gasteiger partial charge is 0.413 e. The minimum atomic E-state index is -0.676. The van der Waals surface area contributed by atoms with Crippen molar-refractivity contribution in [3.8, 4) is 33.6 Å². The van der Waals surface area contributed by atoms with Crippen LogP contribution in [0.25, 0.3) is 33.6 Å². The largest absolute Gasteiger partial charge is 0.453 e. The number of aromatic amines is 2. The Morgan fingerprint density at radius 1 is 0.837 bits per heavy atom. The summed E-state index contributed by atoms with van der Waals surface area (Å²) >= 11 is 0. The summed E-state index contributed by atoms with van der Waals surface area (Å²) < 4.78 is 9.32. The predicted octanol–water partition coefficient (Wildman–Crippen LogP) is 5.36. The zero-order valence-electron chi connectivity index (χ0n) is 24.5. The third-order valence-electron chi connectivity index (χ3n) is 7.55. The lowest BCUT2D eigenvalue weighted by Crippen LogP contribution is -2.51. The van der Waals surface area contributed by atoms with Crippen molar-refractivity contribution in [3.05, 3.63) is 66.7 Å². The molecule has 224 valence electrons. The third kappa shape index (κ3) is 6.53. The first-order chi connectivity index (χ1) is 20.8. The van der Waals surface area contributed by atoms with E-state index in [4.69, 9.17) is 4.74 Å². The van der Waals surface area contributed by atoms with Gasteiger partial charge in [0.15, 0.2) is 0 Å². The maximum Gasteiger partial charge on any atom is 0.413 e. The van der Waals surface area contributed by atoms with Crippen LogP contribution in [0.1, 0.15) is 38.6 Å². The quantitative estimate of drug-likeness (QED) is 0.217. The average Bonchev–Trinajstić information content (AvgIpc) is 3.80. The number of benzene rings is 2. The van der Waals surface area contributed by atoms with Gasteiger partial charge in [0.1, 0.15) is 11.9 Å². The van der Waals surface area contributed by atoms with Crippen LogP contribution in [0.2, 0.25) is 0 Å². The third-order valence-corrected chi connectivity index (χ3v) is 7.55. The molecule has 2 atom stereocenters. The fourth-order valence-corrected chi connectivity index (χ4v) is 5.21. The van der Waals surface area contributed by atoms with E-state index < -0.39 is 18.2 Å². The van der Waals surface area contributed by atoms with Crippen molar-refractivity contribution in [2.45, 2.75) is 38.8 Å². The molecule has 1 aliphatic rings. The molecule has 0 radical (unpaired) electrons. The summed E-state index contributed by atoms with van der Waals surface area (Å²) in [6.07, 6.45) is 3.87. The molecule has 5 rings (SSSR count). The Balaban J connectivity index is 1.26. The molecular formula is C31H35N7O5. The molecule has 12 heteroatoms. The highest BCUT2D eigenvalue weighted by Crippen LogP contribution is 2.33. The van der Waals surface area contributed by atoms with Crippen LogP contribution in [0.15, 0.2) is 60.9 Å². The molecule has 0 bridgehead atoms. The first-order valence-electron chi connectivity index (χ1n) is 14.1. The van der Waals surface area contributed by atoms with Crippen LogP contribution in [0.5, 0.6) is 0 Å². The van der Waals surface area contributed by atoms with E-state index in [1.165, 1.54) is 14.2 Å². The number of rotatable bonds is 8. The predicted molar refractivity (Wildman–Crippen MR) is 161 cm³/mol. The van der Waals surface area contributed by atoms with Crippen molar-refractivity contribution in [2.75, 3.05) is 26.1 Å². The molecule has 2 aromatic heterocycles. The Bertz CT molecular complexity index is 1580. The van der Waals surface area contributed by atoms with Gasteiger partial charge in [-0.25, -0.2) is 19.6 Å². The van der Waals surface area contributed by atoms with Gasteiger partial charge in [-0.2, -0.15) is 0 Å². The van der Waals surface area contributed by atoms with Gasteiger partial charge in [0.2, 0.25) is 11.9 Å². The van der Waals surface area contributed by atoms with Crippen LogP contribution in [-0.4, -0.2) is 69.7 Å². The zero-order valence-corrected chi connectivity index (χ0v) is 24.5. The molecular weight excluding hydrogens is 550 g/mol. The van der Waals surface area contributed by atoms with Crippen LogP contribution < -0.4 is 10.6 Å².